The lowest BCUT2D eigenvalue weighted by molar-refractivity contribution is 0.0151. The van der Waals surface area contributed by atoms with Crippen LogP contribution in [-0.2, 0) is 14.2 Å². The third kappa shape index (κ3) is 9.89. The second-order valence-corrected chi connectivity index (χ2v) is 5.64. The molecule has 0 spiro atoms. The summed E-state index contributed by atoms with van der Waals surface area (Å²) in [5, 5.41) is 0. The highest BCUT2D eigenvalue weighted by Gasteiger charge is 2.23. The molecule has 104 valence electrons. The van der Waals surface area contributed by atoms with E-state index in [-0.39, 0.29) is 5.41 Å². The highest BCUT2D eigenvalue weighted by molar-refractivity contribution is 7.80. The molecule has 0 bridgehead atoms. The summed E-state index contributed by atoms with van der Waals surface area (Å²) in [6, 6.07) is 0. The topological polar surface area (TPSA) is 27.7 Å². The van der Waals surface area contributed by atoms with E-state index in [1.807, 2.05) is 0 Å². The summed E-state index contributed by atoms with van der Waals surface area (Å²) in [6.07, 6.45) is 0.942. The average molecular weight is 264 g/mol. The molecule has 0 radical (unpaired) electrons. The summed E-state index contributed by atoms with van der Waals surface area (Å²) < 4.78 is 16.0. The number of methoxy groups -OCH3 is 1. The predicted molar refractivity (Wildman–Crippen MR) is 74.9 cm³/mol. The highest BCUT2D eigenvalue weighted by atomic mass is 32.1. The third-order valence-electron chi connectivity index (χ3n) is 2.77. The van der Waals surface area contributed by atoms with E-state index in [4.69, 9.17) is 14.2 Å². The summed E-state index contributed by atoms with van der Waals surface area (Å²) in [6.45, 7) is 10.2. The molecule has 0 aliphatic rings. The van der Waals surface area contributed by atoms with Gasteiger partial charge in [0.25, 0.3) is 0 Å². The van der Waals surface area contributed by atoms with Gasteiger partial charge < -0.3 is 14.2 Å². The summed E-state index contributed by atoms with van der Waals surface area (Å²) in [5.74, 6) is 1.34. The minimum Gasteiger partial charge on any atom is -0.385 e. The van der Waals surface area contributed by atoms with Crippen molar-refractivity contribution in [2.75, 3.05) is 45.9 Å². The molecule has 0 saturated carbocycles. The van der Waals surface area contributed by atoms with Crippen LogP contribution in [0.5, 0.6) is 0 Å². The van der Waals surface area contributed by atoms with Gasteiger partial charge in [-0.05, 0) is 23.5 Å². The number of thiol groups is 1. The van der Waals surface area contributed by atoms with Gasteiger partial charge in [0.1, 0.15) is 0 Å². The maximum atomic E-state index is 5.61. The zero-order chi connectivity index (χ0) is 13.1. The average Bonchev–Trinajstić information content (AvgIpc) is 2.25. The Labute approximate surface area is 112 Å². The van der Waals surface area contributed by atoms with E-state index in [2.05, 4.69) is 33.4 Å². The van der Waals surface area contributed by atoms with Gasteiger partial charge >= 0.3 is 0 Å². The van der Waals surface area contributed by atoms with Gasteiger partial charge in [0.15, 0.2) is 0 Å². The maximum absolute atomic E-state index is 5.61. The van der Waals surface area contributed by atoms with Gasteiger partial charge in [-0.1, -0.05) is 20.8 Å². The molecule has 4 heteroatoms. The van der Waals surface area contributed by atoms with E-state index in [1.165, 1.54) is 0 Å². The van der Waals surface area contributed by atoms with Crippen molar-refractivity contribution < 1.29 is 14.2 Å². The van der Waals surface area contributed by atoms with Crippen LogP contribution in [0.15, 0.2) is 0 Å². The zero-order valence-electron chi connectivity index (χ0n) is 11.7. The SMILES string of the molecule is COCCCOCCOCC(CS)C(C)(C)C. The van der Waals surface area contributed by atoms with E-state index >= 15 is 0 Å². The molecule has 0 rings (SSSR count). The molecule has 3 nitrogen and oxygen atoms in total. The van der Waals surface area contributed by atoms with Crippen molar-refractivity contribution in [2.24, 2.45) is 11.3 Å². The number of hydrogen-bond donors (Lipinski definition) is 1. The van der Waals surface area contributed by atoms with E-state index in [9.17, 15) is 0 Å². The van der Waals surface area contributed by atoms with Crippen LogP contribution in [0.4, 0.5) is 0 Å². The fraction of sp³-hybridized carbons (Fsp3) is 1.00. The Morgan fingerprint density at radius 2 is 1.65 bits per heavy atom. The Morgan fingerprint density at radius 1 is 1.00 bits per heavy atom. The van der Waals surface area contributed by atoms with Crippen molar-refractivity contribution in [3.8, 4) is 0 Å². The molecule has 17 heavy (non-hydrogen) atoms. The molecule has 1 unspecified atom stereocenters. The molecule has 0 aromatic rings. The first-order valence-electron chi connectivity index (χ1n) is 6.27. The van der Waals surface area contributed by atoms with Crippen molar-refractivity contribution in [3.05, 3.63) is 0 Å². The van der Waals surface area contributed by atoms with Crippen molar-refractivity contribution >= 4 is 12.6 Å². The van der Waals surface area contributed by atoms with Gasteiger partial charge in [0.05, 0.1) is 19.8 Å². The molecule has 0 aromatic carbocycles. The molecule has 0 saturated heterocycles. The maximum Gasteiger partial charge on any atom is 0.0700 e. The molecule has 0 aromatic heterocycles. The van der Waals surface area contributed by atoms with Crippen LogP contribution in [0.25, 0.3) is 0 Å². The standard InChI is InChI=1S/C13H28O3S/c1-13(2,3)12(11-17)10-16-9-8-15-7-5-6-14-4/h12,17H,5-11H2,1-4H3. The first-order valence-corrected chi connectivity index (χ1v) is 6.91. The first kappa shape index (κ1) is 17.2. The lowest BCUT2D eigenvalue weighted by atomic mass is 9.82. The molecule has 0 aliphatic carbocycles. The van der Waals surface area contributed by atoms with Gasteiger partial charge in [-0.25, -0.2) is 0 Å². The third-order valence-corrected chi connectivity index (χ3v) is 3.21. The Kier molecular flexibility index (Phi) is 10.3. The van der Waals surface area contributed by atoms with Gasteiger partial charge in [-0.15, -0.1) is 0 Å². The van der Waals surface area contributed by atoms with Crippen LogP contribution in [0.2, 0.25) is 0 Å². The molecule has 0 N–H and O–H groups in total. The Balaban J connectivity index is 3.38. The second-order valence-electron chi connectivity index (χ2n) is 5.28. The number of hydrogen-bond acceptors (Lipinski definition) is 4. The molecular weight excluding hydrogens is 236 g/mol. The normalized spacial score (nSPS) is 13.9. The van der Waals surface area contributed by atoms with Crippen molar-refractivity contribution in [3.63, 3.8) is 0 Å². The summed E-state index contributed by atoms with van der Waals surface area (Å²) >= 11 is 4.37. The first-order chi connectivity index (χ1) is 8.02. The molecule has 0 heterocycles. The van der Waals surface area contributed by atoms with Crippen molar-refractivity contribution in [1.82, 2.24) is 0 Å². The molecular formula is C13H28O3S. The highest BCUT2D eigenvalue weighted by Crippen LogP contribution is 2.26. The van der Waals surface area contributed by atoms with Crippen LogP contribution in [0.3, 0.4) is 0 Å². The Hall–Kier alpha value is 0.230. The van der Waals surface area contributed by atoms with Crippen LogP contribution < -0.4 is 0 Å². The summed E-state index contributed by atoms with van der Waals surface area (Å²) in [7, 11) is 1.70. The van der Waals surface area contributed by atoms with Crippen LogP contribution in [-0.4, -0.2) is 45.9 Å². The van der Waals surface area contributed by atoms with E-state index in [1.54, 1.807) is 7.11 Å². The summed E-state index contributed by atoms with van der Waals surface area (Å²) in [5.41, 5.74) is 0.251. The van der Waals surface area contributed by atoms with Gasteiger partial charge in [-0.3, -0.25) is 0 Å². The largest absolute Gasteiger partial charge is 0.385 e. The Bertz CT molecular complexity index is 169. The monoisotopic (exact) mass is 264 g/mol. The number of ether oxygens (including phenoxy) is 3. The zero-order valence-corrected chi connectivity index (χ0v) is 12.6. The number of rotatable bonds is 10. The minimum absolute atomic E-state index is 0.251. The smallest absolute Gasteiger partial charge is 0.0700 e. The molecule has 0 fully saturated rings. The van der Waals surface area contributed by atoms with Crippen LogP contribution >= 0.6 is 12.6 Å². The lowest BCUT2D eigenvalue weighted by Gasteiger charge is -2.29. The fourth-order valence-electron chi connectivity index (χ4n) is 1.33. The van der Waals surface area contributed by atoms with E-state index in [0.717, 1.165) is 32.0 Å². The lowest BCUT2D eigenvalue weighted by Crippen LogP contribution is -2.27. The van der Waals surface area contributed by atoms with Crippen molar-refractivity contribution in [1.29, 1.82) is 0 Å². The molecule has 0 amide bonds. The second kappa shape index (κ2) is 10.2. The van der Waals surface area contributed by atoms with Crippen LogP contribution in [0.1, 0.15) is 27.2 Å². The molecule has 0 aliphatic heterocycles. The Morgan fingerprint density at radius 3 is 2.18 bits per heavy atom. The predicted octanol–water partition coefficient (Wildman–Crippen LogP) is 2.65. The van der Waals surface area contributed by atoms with Crippen LogP contribution in [0, 0.1) is 11.3 Å². The van der Waals surface area contributed by atoms with Gasteiger partial charge in [0.2, 0.25) is 0 Å². The van der Waals surface area contributed by atoms with E-state index < -0.39 is 0 Å². The van der Waals surface area contributed by atoms with Gasteiger partial charge in [-0.2, -0.15) is 12.6 Å². The summed E-state index contributed by atoms with van der Waals surface area (Å²) in [4.78, 5) is 0. The van der Waals surface area contributed by atoms with E-state index in [0.29, 0.717) is 19.1 Å². The van der Waals surface area contributed by atoms with Gasteiger partial charge in [0, 0.05) is 20.3 Å². The molecule has 1 atom stereocenters. The minimum atomic E-state index is 0.251. The fourth-order valence-corrected chi connectivity index (χ4v) is 1.98. The quantitative estimate of drug-likeness (QED) is 0.485. The van der Waals surface area contributed by atoms with Crippen molar-refractivity contribution in [2.45, 2.75) is 27.2 Å².